The van der Waals surface area contributed by atoms with E-state index in [9.17, 15) is 0 Å². The van der Waals surface area contributed by atoms with Gasteiger partial charge in [0, 0.05) is 23.7 Å². The average Bonchev–Trinajstić information content (AvgIpc) is 2.86. The summed E-state index contributed by atoms with van der Waals surface area (Å²) >= 11 is 12.3. The molecule has 21 heavy (non-hydrogen) atoms. The van der Waals surface area contributed by atoms with Crippen LogP contribution in [0.1, 0.15) is 26.3 Å². The van der Waals surface area contributed by atoms with E-state index in [1.54, 1.807) is 10.7 Å². The van der Waals surface area contributed by atoms with Gasteiger partial charge in [0.2, 0.25) is 5.95 Å². The summed E-state index contributed by atoms with van der Waals surface area (Å²) in [6.45, 7) is 6.99. The van der Waals surface area contributed by atoms with Crippen molar-refractivity contribution in [2.24, 2.45) is 0 Å². The van der Waals surface area contributed by atoms with Gasteiger partial charge in [-0.1, -0.05) is 28.3 Å². The number of nitrogens with zero attached hydrogens (tertiary/aromatic N) is 4. The minimum atomic E-state index is 0.0170. The number of tetrazole rings is 1. The molecular weight excluding hydrogens is 313 g/mol. The van der Waals surface area contributed by atoms with Gasteiger partial charge in [-0.3, -0.25) is 0 Å². The van der Waals surface area contributed by atoms with Gasteiger partial charge >= 0.3 is 0 Å². The van der Waals surface area contributed by atoms with Gasteiger partial charge in [-0.15, -0.1) is 0 Å². The second-order valence-electron chi connectivity index (χ2n) is 4.71. The molecule has 1 N–H and O–H groups in total. The highest BCUT2D eigenvalue weighted by molar-refractivity contribution is 6.35. The number of benzene rings is 1. The van der Waals surface area contributed by atoms with Gasteiger partial charge in [-0.05, 0) is 43.3 Å². The van der Waals surface area contributed by atoms with E-state index in [1.165, 1.54) is 0 Å². The summed E-state index contributed by atoms with van der Waals surface area (Å²) < 4.78 is 7.43. The van der Waals surface area contributed by atoms with Gasteiger partial charge in [0.1, 0.15) is 5.75 Å². The standard InChI is InChI=1S/C13H17Cl2N5O/c1-4-20-13(17-18-19-20)16-7-9-5-10(14)6-11(15)12(9)21-8(2)3/h5-6,8H,4,7H2,1-3H3,(H,16,17,19). The molecular formula is C13H17Cl2N5O. The summed E-state index contributed by atoms with van der Waals surface area (Å²) in [5.74, 6) is 1.21. The number of anilines is 1. The van der Waals surface area contributed by atoms with Gasteiger partial charge in [-0.2, -0.15) is 0 Å². The fraction of sp³-hybridized carbons (Fsp3) is 0.462. The third kappa shape index (κ3) is 3.98. The largest absolute Gasteiger partial charge is 0.489 e. The Balaban J connectivity index is 2.22. The first-order chi connectivity index (χ1) is 10.0. The lowest BCUT2D eigenvalue weighted by Gasteiger charge is -2.16. The molecule has 1 aromatic carbocycles. The predicted molar refractivity (Wildman–Crippen MR) is 83.0 cm³/mol. The van der Waals surface area contributed by atoms with E-state index in [2.05, 4.69) is 20.8 Å². The second kappa shape index (κ2) is 6.95. The summed E-state index contributed by atoms with van der Waals surface area (Å²) in [7, 11) is 0. The number of halogens is 2. The molecule has 0 aliphatic carbocycles. The van der Waals surface area contributed by atoms with Crippen LogP contribution >= 0.6 is 23.2 Å². The topological polar surface area (TPSA) is 64.9 Å². The van der Waals surface area contributed by atoms with Crippen molar-refractivity contribution >= 4 is 29.2 Å². The molecule has 114 valence electrons. The molecule has 0 radical (unpaired) electrons. The minimum Gasteiger partial charge on any atom is -0.489 e. The number of hydrogen-bond acceptors (Lipinski definition) is 5. The van der Waals surface area contributed by atoms with Crippen LogP contribution in [-0.4, -0.2) is 26.3 Å². The van der Waals surface area contributed by atoms with Gasteiger partial charge in [0.25, 0.3) is 0 Å². The van der Waals surface area contributed by atoms with Crippen molar-refractivity contribution in [2.45, 2.75) is 40.0 Å². The molecule has 1 aromatic heterocycles. The lowest BCUT2D eigenvalue weighted by molar-refractivity contribution is 0.240. The van der Waals surface area contributed by atoms with Crippen molar-refractivity contribution in [2.75, 3.05) is 5.32 Å². The zero-order valence-electron chi connectivity index (χ0n) is 12.1. The number of nitrogens with one attached hydrogen (secondary N) is 1. The van der Waals surface area contributed by atoms with Crippen LogP contribution in [0.2, 0.25) is 10.0 Å². The Morgan fingerprint density at radius 3 is 2.76 bits per heavy atom. The lowest BCUT2D eigenvalue weighted by Crippen LogP contribution is -2.12. The zero-order chi connectivity index (χ0) is 15.4. The predicted octanol–water partition coefficient (Wildman–Crippen LogP) is 3.40. The van der Waals surface area contributed by atoms with E-state index in [-0.39, 0.29) is 6.10 Å². The van der Waals surface area contributed by atoms with E-state index in [0.29, 0.717) is 34.8 Å². The van der Waals surface area contributed by atoms with E-state index in [4.69, 9.17) is 27.9 Å². The van der Waals surface area contributed by atoms with Gasteiger partial charge in [0.05, 0.1) is 11.1 Å². The quantitative estimate of drug-likeness (QED) is 0.879. The van der Waals surface area contributed by atoms with Crippen molar-refractivity contribution < 1.29 is 4.74 Å². The molecule has 1 heterocycles. The summed E-state index contributed by atoms with van der Waals surface area (Å²) in [6.07, 6.45) is 0.0170. The van der Waals surface area contributed by atoms with Crippen LogP contribution in [-0.2, 0) is 13.1 Å². The third-order valence-electron chi connectivity index (χ3n) is 2.71. The average molecular weight is 330 g/mol. The first-order valence-electron chi connectivity index (χ1n) is 6.65. The number of aryl methyl sites for hydroxylation is 1. The molecule has 0 unspecified atom stereocenters. The maximum absolute atomic E-state index is 6.22. The maximum atomic E-state index is 6.22. The molecule has 2 rings (SSSR count). The molecule has 0 atom stereocenters. The highest BCUT2D eigenvalue weighted by Crippen LogP contribution is 2.33. The zero-order valence-corrected chi connectivity index (χ0v) is 13.6. The smallest absolute Gasteiger partial charge is 0.243 e. The number of rotatable bonds is 6. The molecule has 0 aliphatic rings. The molecule has 0 spiro atoms. The van der Waals surface area contributed by atoms with Crippen molar-refractivity contribution in [1.29, 1.82) is 0 Å². The summed E-state index contributed by atoms with van der Waals surface area (Å²) in [5.41, 5.74) is 0.854. The van der Waals surface area contributed by atoms with Crippen molar-refractivity contribution in [3.63, 3.8) is 0 Å². The number of ether oxygens (including phenoxy) is 1. The Morgan fingerprint density at radius 2 is 2.10 bits per heavy atom. The van der Waals surface area contributed by atoms with Crippen LogP contribution in [0.3, 0.4) is 0 Å². The van der Waals surface area contributed by atoms with E-state index < -0.39 is 0 Å². The minimum absolute atomic E-state index is 0.0170. The fourth-order valence-electron chi connectivity index (χ4n) is 1.83. The fourth-order valence-corrected chi connectivity index (χ4v) is 2.41. The van der Waals surface area contributed by atoms with E-state index in [1.807, 2.05) is 26.8 Å². The number of aromatic nitrogens is 4. The van der Waals surface area contributed by atoms with Crippen LogP contribution in [0.15, 0.2) is 12.1 Å². The lowest BCUT2D eigenvalue weighted by atomic mass is 10.2. The molecule has 0 fully saturated rings. The van der Waals surface area contributed by atoms with Gasteiger partial charge in [0.15, 0.2) is 0 Å². The molecule has 6 nitrogen and oxygen atoms in total. The summed E-state index contributed by atoms with van der Waals surface area (Å²) in [4.78, 5) is 0. The molecule has 0 amide bonds. The Morgan fingerprint density at radius 1 is 1.33 bits per heavy atom. The van der Waals surface area contributed by atoms with Gasteiger partial charge in [-0.25, -0.2) is 4.68 Å². The van der Waals surface area contributed by atoms with Crippen molar-refractivity contribution in [3.05, 3.63) is 27.7 Å². The Labute approximate surface area is 133 Å². The molecule has 0 bridgehead atoms. The Bertz CT molecular complexity index is 615. The molecule has 0 saturated carbocycles. The van der Waals surface area contributed by atoms with Crippen molar-refractivity contribution in [3.8, 4) is 5.75 Å². The summed E-state index contributed by atoms with van der Waals surface area (Å²) in [6, 6.07) is 3.48. The van der Waals surface area contributed by atoms with Crippen LogP contribution in [0.5, 0.6) is 5.75 Å². The molecule has 8 heteroatoms. The van der Waals surface area contributed by atoms with Gasteiger partial charge < -0.3 is 10.1 Å². The monoisotopic (exact) mass is 329 g/mol. The highest BCUT2D eigenvalue weighted by Gasteiger charge is 2.13. The molecule has 0 saturated heterocycles. The first kappa shape index (κ1) is 15.9. The van der Waals surface area contributed by atoms with E-state index >= 15 is 0 Å². The van der Waals surface area contributed by atoms with Crippen LogP contribution in [0.25, 0.3) is 0 Å². The van der Waals surface area contributed by atoms with E-state index in [0.717, 1.165) is 5.56 Å². The van der Waals surface area contributed by atoms with Crippen LogP contribution < -0.4 is 10.1 Å². The maximum Gasteiger partial charge on any atom is 0.243 e. The number of hydrogen-bond donors (Lipinski definition) is 1. The Hall–Kier alpha value is -1.53. The summed E-state index contributed by atoms with van der Waals surface area (Å²) in [5, 5.41) is 15.6. The second-order valence-corrected chi connectivity index (χ2v) is 5.56. The third-order valence-corrected chi connectivity index (χ3v) is 3.21. The molecule has 0 aliphatic heterocycles. The van der Waals surface area contributed by atoms with Crippen molar-refractivity contribution in [1.82, 2.24) is 20.2 Å². The van der Waals surface area contributed by atoms with Crippen LogP contribution in [0.4, 0.5) is 5.95 Å². The Kier molecular flexibility index (Phi) is 5.25. The molecule has 2 aromatic rings. The normalized spacial score (nSPS) is 11.0. The van der Waals surface area contributed by atoms with Crippen LogP contribution in [0, 0.1) is 0 Å². The SMILES string of the molecule is CCn1nnnc1NCc1cc(Cl)cc(Cl)c1OC(C)C. The highest BCUT2D eigenvalue weighted by atomic mass is 35.5. The first-order valence-corrected chi connectivity index (χ1v) is 7.41.